The maximum absolute atomic E-state index is 12.0. The van der Waals surface area contributed by atoms with Gasteiger partial charge in [0.25, 0.3) is 0 Å². The average Bonchev–Trinajstić information content (AvgIpc) is 2.49. The number of pyridine rings is 1. The Kier molecular flexibility index (Phi) is 3.51. The third kappa shape index (κ3) is 3.17. The summed E-state index contributed by atoms with van der Waals surface area (Å²) < 4.78 is 0. The van der Waals surface area contributed by atoms with Crippen molar-refractivity contribution >= 4 is 28.2 Å². The van der Waals surface area contributed by atoms with Gasteiger partial charge in [-0.15, -0.1) is 0 Å². The molecule has 1 aromatic heterocycles. The molecule has 0 unspecified atom stereocenters. The lowest BCUT2D eigenvalue weighted by atomic mass is 10.0. The molecule has 0 aliphatic heterocycles. The summed E-state index contributed by atoms with van der Waals surface area (Å²) in [4.78, 5) is 16.1. The predicted octanol–water partition coefficient (Wildman–Crippen LogP) is 3.00. The fourth-order valence-corrected chi connectivity index (χ4v) is 2.20. The molecular weight excluding hydrogens is 262 g/mol. The second-order valence-electron chi connectivity index (χ2n) is 4.88. The van der Waals surface area contributed by atoms with Crippen molar-refractivity contribution in [3.05, 3.63) is 66.4 Å². The van der Waals surface area contributed by atoms with Gasteiger partial charge in [-0.05, 0) is 28.5 Å². The molecule has 0 saturated carbocycles. The number of hydrogen-bond acceptors (Lipinski definition) is 3. The third-order valence-corrected chi connectivity index (χ3v) is 3.23. The van der Waals surface area contributed by atoms with Gasteiger partial charge in [-0.3, -0.25) is 4.79 Å². The van der Waals surface area contributed by atoms with Crippen molar-refractivity contribution in [3.8, 4) is 0 Å². The van der Waals surface area contributed by atoms with Crippen LogP contribution in [0.1, 0.15) is 5.56 Å². The molecule has 21 heavy (non-hydrogen) atoms. The zero-order valence-electron chi connectivity index (χ0n) is 11.4. The molecule has 1 amide bonds. The number of carbonyl (C=O) groups is 1. The van der Waals surface area contributed by atoms with Crippen LogP contribution in [0.5, 0.6) is 0 Å². The summed E-state index contributed by atoms with van der Waals surface area (Å²) in [7, 11) is 0. The minimum atomic E-state index is -0.0949. The van der Waals surface area contributed by atoms with Gasteiger partial charge in [0.2, 0.25) is 5.91 Å². The smallest absolute Gasteiger partial charge is 0.229 e. The van der Waals surface area contributed by atoms with Crippen molar-refractivity contribution in [2.45, 2.75) is 6.42 Å². The zero-order chi connectivity index (χ0) is 14.7. The van der Waals surface area contributed by atoms with Crippen LogP contribution in [0.3, 0.4) is 0 Å². The first-order valence-electron chi connectivity index (χ1n) is 6.70. The lowest BCUT2D eigenvalue weighted by molar-refractivity contribution is -0.115. The van der Waals surface area contributed by atoms with E-state index in [2.05, 4.69) is 16.4 Å². The van der Waals surface area contributed by atoms with Crippen molar-refractivity contribution in [2.75, 3.05) is 11.1 Å². The van der Waals surface area contributed by atoms with E-state index in [4.69, 9.17) is 5.73 Å². The number of fused-ring (bicyclic) bond motifs is 1. The number of nitrogens with zero attached hydrogens (tertiary/aromatic N) is 1. The van der Waals surface area contributed by atoms with Crippen LogP contribution in [0.25, 0.3) is 10.8 Å². The van der Waals surface area contributed by atoms with Crippen molar-refractivity contribution in [1.82, 2.24) is 4.98 Å². The monoisotopic (exact) mass is 277 g/mol. The summed E-state index contributed by atoms with van der Waals surface area (Å²) in [6, 6.07) is 17.5. The minimum Gasteiger partial charge on any atom is -0.397 e. The molecule has 4 heteroatoms. The molecule has 0 radical (unpaired) electrons. The highest BCUT2D eigenvalue weighted by molar-refractivity contribution is 5.92. The van der Waals surface area contributed by atoms with Crippen LogP contribution < -0.4 is 11.1 Å². The number of carbonyl (C=O) groups excluding carboxylic acids is 1. The number of benzene rings is 2. The highest BCUT2D eigenvalue weighted by Crippen LogP contribution is 2.16. The summed E-state index contributed by atoms with van der Waals surface area (Å²) in [5, 5.41) is 5.06. The Morgan fingerprint density at radius 1 is 1.05 bits per heavy atom. The Labute approximate surface area is 122 Å². The van der Waals surface area contributed by atoms with E-state index in [0.29, 0.717) is 17.9 Å². The Morgan fingerprint density at radius 3 is 2.62 bits per heavy atom. The van der Waals surface area contributed by atoms with E-state index in [-0.39, 0.29) is 5.91 Å². The normalized spacial score (nSPS) is 10.5. The van der Waals surface area contributed by atoms with Crippen LogP contribution in [-0.2, 0) is 11.2 Å². The van der Waals surface area contributed by atoms with Crippen molar-refractivity contribution in [3.63, 3.8) is 0 Å². The van der Waals surface area contributed by atoms with E-state index in [9.17, 15) is 4.79 Å². The van der Waals surface area contributed by atoms with Gasteiger partial charge in [-0.25, -0.2) is 4.98 Å². The first kappa shape index (κ1) is 13.1. The van der Waals surface area contributed by atoms with Gasteiger partial charge in [0, 0.05) is 0 Å². The third-order valence-electron chi connectivity index (χ3n) is 3.23. The van der Waals surface area contributed by atoms with Crippen molar-refractivity contribution < 1.29 is 4.79 Å². The number of nitrogen functional groups attached to an aromatic ring is 1. The maximum Gasteiger partial charge on any atom is 0.229 e. The van der Waals surface area contributed by atoms with Crippen LogP contribution in [0.4, 0.5) is 11.5 Å². The molecule has 0 spiro atoms. The zero-order valence-corrected chi connectivity index (χ0v) is 11.4. The summed E-state index contributed by atoms with van der Waals surface area (Å²) in [6.45, 7) is 0. The van der Waals surface area contributed by atoms with E-state index in [1.807, 2.05) is 36.4 Å². The van der Waals surface area contributed by atoms with Gasteiger partial charge < -0.3 is 11.1 Å². The van der Waals surface area contributed by atoms with E-state index >= 15 is 0 Å². The van der Waals surface area contributed by atoms with Crippen LogP contribution in [0.15, 0.2) is 60.8 Å². The first-order valence-corrected chi connectivity index (χ1v) is 6.70. The Bertz CT molecular complexity index is 781. The number of nitrogens with two attached hydrogens (primary N) is 1. The molecule has 0 fully saturated rings. The Hall–Kier alpha value is -2.88. The average molecular weight is 277 g/mol. The first-order chi connectivity index (χ1) is 10.2. The van der Waals surface area contributed by atoms with E-state index in [0.717, 1.165) is 10.9 Å². The van der Waals surface area contributed by atoms with Crippen molar-refractivity contribution in [2.24, 2.45) is 0 Å². The largest absolute Gasteiger partial charge is 0.397 e. The minimum absolute atomic E-state index is 0.0949. The topological polar surface area (TPSA) is 68.0 Å². The van der Waals surface area contributed by atoms with Crippen molar-refractivity contribution in [1.29, 1.82) is 0 Å². The second-order valence-corrected chi connectivity index (χ2v) is 4.88. The summed E-state index contributed by atoms with van der Waals surface area (Å²) in [5.41, 5.74) is 7.10. The molecule has 0 atom stereocenters. The van der Waals surface area contributed by atoms with E-state index < -0.39 is 0 Å². The van der Waals surface area contributed by atoms with Gasteiger partial charge in [-0.2, -0.15) is 0 Å². The molecule has 3 N–H and O–H groups in total. The molecule has 104 valence electrons. The molecule has 0 bridgehead atoms. The summed E-state index contributed by atoms with van der Waals surface area (Å²) in [6.07, 6.45) is 1.84. The predicted molar refractivity (Wildman–Crippen MR) is 84.9 cm³/mol. The standard InChI is InChI=1S/C17H15N3O/c18-15-7-8-16(19-11-15)20-17(21)10-12-5-6-13-3-1-2-4-14(13)9-12/h1-9,11H,10,18H2,(H,19,20,21). The molecule has 2 aromatic carbocycles. The highest BCUT2D eigenvalue weighted by Gasteiger charge is 2.05. The van der Waals surface area contributed by atoms with E-state index in [1.165, 1.54) is 11.6 Å². The molecular formula is C17H15N3O. The molecule has 3 rings (SSSR count). The lowest BCUT2D eigenvalue weighted by Crippen LogP contribution is -2.15. The maximum atomic E-state index is 12.0. The van der Waals surface area contributed by atoms with Crippen LogP contribution in [0.2, 0.25) is 0 Å². The molecule has 1 heterocycles. The number of amides is 1. The Morgan fingerprint density at radius 2 is 1.86 bits per heavy atom. The molecule has 0 aliphatic carbocycles. The fourth-order valence-electron chi connectivity index (χ4n) is 2.20. The van der Waals surface area contributed by atoms with Gasteiger partial charge >= 0.3 is 0 Å². The number of nitrogens with one attached hydrogen (secondary N) is 1. The van der Waals surface area contributed by atoms with Crippen LogP contribution >= 0.6 is 0 Å². The summed E-state index contributed by atoms with van der Waals surface area (Å²) in [5.74, 6) is 0.414. The number of hydrogen-bond donors (Lipinski definition) is 2. The molecule has 4 nitrogen and oxygen atoms in total. The SMILES string of the molecule is Nc1ccc(NC(=O)Cc2ccc3ccccc3c2)nc1. The molecule has 0 saturated heterocycles. The second kappa shape index (κ2) is 5.63. The molecule has 3 aromatic rings. The Balaban J connectivity index is 1.72. The van der Waals surface area contributed by atoms with Gasteiger partial charge in [0.1, 0.15) is 5.82 Å². The number of anilines is 2. The van der Waals surface area contributed by atoms with Gasteiger partial charge in [0.15, 0.2) is 0 Å². The number of rotatable bonds is 3. The summed E-state index contributed by atoms with van der Waals surface area (Å²) >= 11 is 0. The fraction of sp³-hybridized carbons (Fsp3) is 0.0588. The number of aromatic nitrogens is 1. The van der Waals surface area contributed by atoms with Gasteiger partial charge in [-0.1, -0.05) is 42.5 Å². The van der Waals surface area contributed by atoms with E-state index in [1.54, 1.807) is 12.1 Å². The quantitative estimate of drug-likeness (QED) is 0.773. The van der Waals surface area contributed by atoms with Crippen LogP contribution in [0, 0.1) is 0 Å². The van der Waals surface area contributed by atoms with Gasteiger partial charge in [0.05, 0.1) is 18.3 Å². The molecule has 0 aliphatic rings. The lowest BCUT2D eigenvalue weighted by Gasteiger charge is -2.06. The van der Waals surface area contributed by atoms with Crippen LogP contribution in [-0.4, -0.2) is 10.9 Å². The highest BCUT2D eigenvalue weighted by atomic mass is 16.1.